The third kappa shape index (κ3) is 2.45. The fourth-order valence-electron chi connectivity index (χ4n) is 4.75. The van der Waals surface area contributed by atoms with Gasteiger partial charge in [0.2, 0.25) is 5.91 Å². The van der Waals surface area contributed by atoms with Crippen LogP contribution < -0.4 is 5.32 Å². The van der Waals surface area contributed by atoms with E-state index >= 15 is 0 Å². The van der Waals surface area contributed by atoms with Gasteiger partial charge in [-0.25, -0.2) is 0 Å². The number of rotatable bonds is 4. The molecule has 0 spiro atoms. The molecule has 3 saturated carbocycles. The first kappa shape index (κ1) is 13.9. The minimum Gasteiger partial charge on any atom is -0.481 e. The number of carbonyl (C=O) groups is 2. The second-order valence-electron chi connectivity index (χ2n) is 7.09. The molecule has 6 atom stereocenters. The van der Waals surface area contributed by atoms with E-state index in [0.717, 1.165) is 25.2 Å². The highest BCUT2D eigenvalue weighted by molar-refractivity contribution is 5.85. The zero-order valence-electron chi connectivity index (χ0n) is 12.2. The van der Waals surface area contributed by atoms with E-state index in [9.17, 15) is 14.7 Å². The lowest BCUT2D eigenvalue weighted by Gasteiger charge is -2.25. The zero-order chi connectivity index (χ0) is 14.3. The summed E-state index contributed by atoms with van der Waals surface area (Å²) in [6.45, 7) is 2.08. The molecular weight excluding hydrogens is 254 g/mol. The summed E-state index contributed by atoms with van der Waals surface area (Å²) in [5.41, 5.74) is 0. The predicted molar refractivity (Wildman–Crippen MR) is 75.0 cm³/mol. The summed E-state index contributed by atoms with van der Waals surface area (Å²) in [7, 11) is 0. The summed E-state index contributed by atoms with van der Waals surface area (Å²) in [6.07, 6.45) is 7.31. The lowest BCUT2D eigenvalue weighted by Crippen LogP contribution is -2.43. The van der Waals surface area contributed by atoms with E-state index in [2.05, 4.69) is 12.2 Å². The van der Waals surface area contributed by atoms with Crippen molar-refractivity contribution >= 4 is 11.9 Å². The molecule has 0 aromatic rings. The number of aliphatic carboxylic acids is 1. The van der Waals surface area contributed by atoms with Gasteiger partial charge in [-0.15, -0.1) is 0 Å². The molecule has 4 nitrogen and oxygen atoms in total. The summed E-state index contributed by atoms with van der Waals surface area (Å²) in [6, 6.07) is 0.316. The first-order valence-electron chi connectivity index (χ1n) is 8.11. The van der Waals surface area contributed by atoms with E-state index in [1.54, 1.807) is 0 Å². The van der Waals surface area contributed by atoms with E-state index < -0.39 is 11.9 Å². The van der Waals surface area contributed by atoms with Crippen LogP contribution in [0.2, 0.25) is 0 Å². The number of nitrogens with one attached hydrogen (secondary N) is 1. The number of amides is 1. The van der Waals surface area contributed by atoms with Crippen LogP contribution in [-0.4, -0.2) is 23.0 Å². The lowest BCUT2D eigenvalue weighted by atomic mass is 9.92. The third-order valence-corrected chi connectivity index (χ3v) is 5.96. The standard InChI is InChI=1S/C16H25NO3/c1-2-9-6-12(13(7-9)16(19)20)15(18)17-14-8-10-3-4-11(14)5-10/h9-14H,2-8H2,1H3,(H,17,18)(H,19,20). The Morgan fingerprint density at radius 1 is 1.10 bits per heavy atom. The second-order valence-corrected chi connectivity index (χ2v) is 7.09. The molecule has 0 aliphatic heterocycles. The van der Waals surface area contributed by atoms with Gasteiger partial charge in [0.25, 0.3) is 0 Å². The third-order valence-electron chi connectivity index (χ3n) is 5.96. The van der Waals surface area contributed by atoms with E-state index in [4.69, 9.17) is 0 Å². The molecule has 6 unspecified atom stereocenters. The van der Waals surface area contributed by atoms with Crippen molar-refractivity contribution < 1.29 is 14.7 Å². The maximum atomic E-state index is 12.5. The fraction of sp³-hybridized carbons (Fsp3) is 0.875. The highest BCUT2D eigenvalue weighted by atomic mass is 16.4. The molecule has 0 aromatic heterocycles. The number of carboxylic acids is 1. The van der Waals surface area contributed by atoms with Crippen LogP contribution in [0.1, 0.15) is 51.9 Å². The van der Waals surface area contributed by atoms with Crippen LogP contribution in [0.5, 0.6) is 0 Å². The molecule has 112 valence electrons. The van der Waals surface area contributed by atoms with Crippen molar-refractivity contribution in [2.75, 3.05) is 0 Å². The molecule has 0 radical (unpaired) electrons. The summed E-state index contributed by atoms with van der Waals surface area (Å²) in [5, 5.41) is 12.5. The van der Waals surface area contributed by atoms with Gasteiger partial charge in [-0.1, -0.05) is 19.8 Å². The minimum atomic E-state index is -0.797. The highest BCUT2D eigenvalue weighted by Crippen LogP contribution is 2.45. The fourth-order valence-corrected chi connectivity index (χ4v) is 4.75. The molecule has 1 amide bonds. The maximum absolute atomic E-state index is 12.5. The van der Waals surface area contributed by atoms with Crippen molar-refractivity contribution in [1.29, 1.82) is 0 Å². The number of carbonyl (C=O) groups excluding carboxylic acids is 1. The van der Waals surface area contributed by atoms with Crippen molar-refractivity contribution in [3.05, 3.63) is 0 Å². The molecule has 4 heteroatoms. The van der Waals surface area contributed by atoms with Gasteiger partial charge in [-0.2, -0.15) is 0 Å². The highest BCUT2D eigenvalue weighted by Gasteiger charge is 2.45. The number of hydrogen-bond acceptors (Lipinski definition) is 2. The molecule has 20 heavy (non-hydrogen) atoms. The van der Waals surface area contributed by atoms with E-state index in [1.165, 1.54) is 19.3 Å². The normalized spacial score (nSPS) is 42.9. The largest absolute Gasteiger partial charge is 0.481 e. The average Bonchev–Trinajstić information content (AvgIpc) is 3.12. The summed E-state index contributed by atoms with van der Waals surface area (Å²) in [4.78, 5) is 23.8. The first-order valence-corrected chi connectivity index (χ1v) is 8.11. The van der Waals surface area contributed by atoms with E-state index in [-0.39, 0.29) is 11.8 Å². The van der Waals surface area contributed by atoms with Crippen LogP contribution in [0, 0.1) is 29.6 Å². The van der Waals surface area contributed by atoms with E-state index in [0.29, 0.717) is 24.3 Å². The quantitative estimate of drug-likeness (QED) is 0.830. The minimum absolute atomic E-state index is 0.00546. The van der Waals surface area contributed by atoms with E-state index in [1.807, 2.05) is 0 Å². The number of carboxylic acid groups (broad SMARTS) is 1. The Morgan fingerprint density at radius 3 is 2.40 bits per heavy atom. The van der Waals surface area contributed by atoms with Crippen LogP contribution in [0.25, 0.3) is 0 Å². The summed E-state index contributed by atoms with van der Waals surface area (Å²) in [5.74, 6) is 0.269. The summed E-state index contributed by atoms with van der Waals surface area (Å²) < 4.78 is 0. The van der Waals surface area contributed by atoms with Crippen molar-refractivity contribution in [2.45, 2.75) is 57.9 Å². The Balaban J connectivity index is 1.62. The molecule has 2 bridgehead atoms. The molecular formula is C16H25NO3. The van der Waals surface area contributed by atoms with Gasteiger partial charge in [0, 0.05) is 6.04 Å². The first-order chi connectivity index (χ1) is 9.58. The van der Waals surface area contributed by atoms with Crippen LogP contribution in [-0.2, 0) is 9.59 Å². The molecule has 2 N–H and O–H groups in total. The van der Waals surface area contributed by atoms with Crippen molar-refractivity contribution in [1.82, 2.24) is 5.32 Å². The van der Waals surface area contributed by atoms with Crippen LogP contribution in [0.15, 0.2) is 0 Å². The van der Waals surface area contributed by atoms with Gasteiger partial charge in [0.15, 0.2) is 0 Å². The number of hydrogen-bond donors (Lipinski definition) is 2. The maximum Gasteiger partial charge on any atom is 0.307 e. The lowest BCUT2D eigenvalue weighted by molar-refractivity contribution is -0.146. The van der Waals surface area contributed by atoms with Crippen molar-refractivity contribution in [2.24, 2.45) is 29.6 Å². The molecule has 3 aliphatic carbocycles. The second kappa shape index (κ2) is 5.38. The zero-order valence-corrected chi connectivity index (χ0v) is 12.2. The molecule has 0 heterocycles. The Bertz CT molecular complexity index is 409. The molecule has 3 aliphatic rings. The molecule has 0 aromatic carbocycles. The smallest absolute Gasteiger partial charge is 0.307 e. The van der Waals surface area contributed by atoms with Crippen molar-refractivity contribution in [3.63, 3.8) is 0 Å². The monoisotopic (exact) mass is 279 g/mol. The Labute approximate surface area is 120 Å². The van der Waals surface area contributed by atoms with Gasteiger partial charge in [-0.3, -0.25) is 9.59 Å². The van der Waals surface area contributed by atoms with Gasteiger partial charge < -0.3 is 10.4 Å². The predicted octanol–water partition coefficient (Wildman–Crippen LogP) is 2.43. The number of fused-ring (bicyclic) bond motifs is 2. The van der Waals surface area contributed by atoms with Gasteiger partial charge in [0.05, 0.1) is 11.8 Å². The topological polar surface area (TPSA) is 66.4 Å². The average molecular weight is 279 g/mol. The van der Waals surface area contributed by atoms with Gasteiger partial charge >= 0.3 is 5.97 Å². The van der Waals surface area contributed by atoms with Crippen LogP contribution >= 0.6 is 0 Å². The Morgan fingerprint density at radius 2 is 1.85 bits per heavy atom. The summed E-state index contributed by atoms with van der Waals surface area (Å²) >= 11 is 0. The van der Waals surface area contributed by atoms with Crippen LogP contribution in [0.4, 0.5) is 0 Å². The van der Waals surface area contributed by atoms with Crippen LogP contribution in [0.3, 0.4) is 0 Å². The Hall–Kier alpha value is -1.06. The Kier molecular flexibility index (Phi) is 3.74. The molecule has 3 fully saturated rings. The van der Waals surface area contributed by atoms with Crippen molar-refractivity contribution in [3.8, 4) is 0 Å². The molecule has 0 saturated heterocycles. The molecule has 3 rings (SSSR count). The van der Waals surface area contributed by atoms with Gasteiger partial charge in [-0.05, 0) is 49.9 Å². The van der Waals surface area contributed by atoms with Gasteiger partial charge in [0.1, 0.15) is 0 Å². The SMILES string of the molecule is CCC1CC(C(=O)O)C(C(=O)NC2CC3CCC2C3)C1.